The second-order valence-corrected chi connectivity index (χ2v) is 9.32. The summed E-state index contributed by atoms with van der Waals surface area (Å²) in [5, 5.41) is 15.7. The van der Waals surface area contributed by atoms with Crippen molar-refractivity contribution >= 4 is 46.3 Å². The van der Waals surface area contributed by atoms with Crippen molar-refractivity contribution in [2.75, 3.05) is 23.7 Å². The van der Waals surface area contributed by atoms with Gasteiger partial charge in [-0.15, -0.1) is 10.2 Å². The summed E-state index contributed by atoms with van der Waals surface area (Å²) < 4.78 is 0. The third-order valence-electron chi connectivity index (χ3n) is 5.62. The molecule has 4 rings (SSSR count). The van der Waals surface area contributed by atoms with Crippen LogP contribution in [0, 0.1) is 13.8 Å². The number of aromatic nitrogens is 2. The number of rotatable bonds is 4. The third-order valence-corrected chi connectivity index (χ3v) is 6.94. The normalized spacial score (nSPS) is 16.0. The van der Waals surface area contributed by atoms with Gasteiger partial charge in [-0.3, -0.25) is 4.79 Å². The van der Waals surface area contributed by atoms with Crippen molar-refractivity contribution in [3.05, 3.63) is 68.6 Å². The van der Waals surface area contributed by atoms with Crippen LogP contribution in [0.5, 0.6) is 0 Å². The maximum absolute atomic E-state index is 12.9. The van der Waals surface area contributed by atoms with Gasteiger partial charge in [-0.05, 0) is 62.1 Å². The SMILES string of the molecule is Cc1cccc(NC(=O)N2CCCC(c3nnc(C(=O)Nc4cccc(Cl)c4)s3)C2)c1C. The molecular weight excluding hydrogens is 446 g/mol. The highest BCUT2D eigenvalue weighted by molar-refractivity contribution is 7.13. The summed E-state index contributed by atoms with van der Waals surface area (Å²) in [5.74, 6) is -0.269. The molecular formula is C23H24ClN5O2S. The predicted molar refractivity (Wildman–Crippen MR) is 128 cm³/mol. The maximum atomic E-state index is 12.9. The van der Waals surface area contributed by atoms with Crippen LogP contribution >= 0.6 is 22.9 Å². The summed E-state index contributed by atoms with van der Waals surface area (Å²) in [4.78, 5) is 27.2. The Balaban J connectivity index is 1.40. The van der Waals surface area contributed by atoms with Gasteiger partial charge in [0.15, 0.2) is 0 Å². The van der Waals surface area contributed by atoms with E-state index in [4.69, 9.17) is 11.6 Å². The van der Waals surface area contributed by atoms with E-state index in [1.54, 1.807) is 24.3 Å². The first kappa shape index (κ1) is 22.2. The average molecular weight is 470 g/mol. The number of nitrogens with one attached hydrogen (secondary N) is 2. The van der Waals surface area contributed by atoms with E-state index in [0.717, 1.165) is 34.7 Å². The molecule has 32 heavy (non-hydrogen) atoms. The molecule has 0 spiro atoms. The van der Waals surface area contributed by atoms with Crippen molar-refractivity contribution in [1.29, 1.82) is 0 Å². The summed E-state index contributed by atoms with van der Waals surface area (Å²) in [7, 11) is 0. The molecule has 1 fully saturated rings. The largest absolute Gasteiger partial charge is 0.324 e. The first-order valence-electron chi connectivity index (χ1n) is 10.4. The van der Waals surface area contributed by atoms with Gasteiger partial charge in [0.05, 0.1) is 0 Å². The molecule has 166 valence electrons. The fourth-order valence-electron chi connectivity index (χ4n) is 3.69. The zero-order chi connectivity index (χ0) is 22.7. The lowest BCUT2D eigenvalue weighted by atomic mass is 9.99. The number of piperidine rings is 1. The number of aryl methyl sites for hydroxylation is 1. The number of anilines is 2. The molecule has 3 aromatic rings. The Morgan fingerprint density at radius 1 is 1.12 bits per heavy atom. The molecule has 1 aliphatic heterocycles. The van der Waals surface area contributed by atoms with Crippen molar-refractivity contribution in [2.24, 2.45) is 0 Å². The van der Waals surface area contributed by atoms with E-state index in [-0.39, 0.29) is 22.9 Å². The molecule has 0 bridgehead atoms. The second kappa shape index (κ2) is 9.67. The Bertz CT molecular complexity index is 1150. The lowest BCUT2D eigenvalue weighted by Crippen LogP contribution is -2.41. The monoisotopic (exact) mass is 469 g/mol. The van der Waals surface area contributed by atoms with Crippen molar-refractivity contribution in [3.8, 4) is 0 Å². The van der Waals surface area contributed by atoms with Gasteiger partial charge in [0.1, 0.15) is 5.01 Å². The van der Waals surface area contributed by atoms with Crippen LogP contribution in [0.2, 0.25) is 5.02 Å². The van der Waals surface area contributed by atoms with E-state index in [2.05, 4.69) is 20.8 Å². The van der Waals surface area contributed by atoms with Crippen molar-refractivity contribution in [2.45, 2.75) is 32.6 Å². The molecule has 2 heterocycles. The zero-order valence-corrected chi connectivity index (χ0v) is 19.5. The molecule has 3 amide bonds. The Kier molecular flexibility index (Phi) is 6.72. The minimum Gasteiger partial charge on any atom is -0.324 e. The van der Waals surface area contributed by atoms with E-state index in [1.807, 2.05) is 36.9 Å². The Labute approximate surface area is 195 Å². The number of carbonyl (C=O) groups is 2. The highest BCUT2D eigenvalue weighted by atomic mass is 35.5. The maximum Gasteiger partial charge on any atom is 0.321 e. The van der Waals surface area contributed by atoms with Crippen LogP contribution in [0.3, 0.4) is 0 Å². The number of amides is 3. The molecule has 9 heteroatoms. The summed E-state index contributed by atoms with van der Waals surface area (Å²) in [6, 6.07) is 12.7. The van der Waals surface area contributed by atoms with E-state index < -0.39 is 0 Å². The lowest BCUT2D eigenvalue weighted by molar-refractivity contribution is 0.102. The number of likely N-dealkylation sites (tertiary alicyclic amines) is 1. The van der Waals surface area contributed by atoms with Crippen LogP contribution in [0.4, 0.5) is 16.2 Å². The summed E-state index contributed by atoms with van der Waals surface area (Å²) in [6.45, 7) is 5.26. The van der Waals surface area contributed by atoms with Gasteiger partial charge in [0, 0.05) is 35.4 Å². The van der Waals surface area contributed by atoms with Crippen LogP contribution in [0.15, 0.2) is 42.5 Å². The van der Waals surface area contributed by atoms with Gasteiger partial charge < -0.3 is 15.5 Å². The fourth-order valence-corrected chi connectivity index (χ4v) is 4.74. The van der Waals surface area contributed by atoms with E-state index in [9.17, 15) is 9.59 Å². The second-order valence-electron chi connectivity index (χ2n) is 7.87. The highest BCUT2D eigenvalue weighted by Gasteiger charge is 2.28. The van der Waals surface area contributed by atoms with E-state index >= 15 is 0 Å². The van der Waals surface area contributed by atoms with E-state index in [1.165, 1.54) is 11.3 Å². The van der Waals surface area contributed by atoms with Crippen molar-refractivity contribution in [3.63, 3.8) is 0 Å². The minimum absolute atomic E-state index is 0.0540. The van der Waals surface area contributed by atoms with E-state index in [0.29, 0.717) is 23.8 Å². The molecule has 7 nitrogen and oxygen atoms in total. The van der Waals surface area contributed by atoms with Gasteiger partial charge in [-0.25, -0.2) is 4.79 Å². The Hall–Kier alpha value is -2.97. The highest BCUT2D eigenvalue weighted by Crippen LogP contribution is 2.30. The topological polar surface area (TPSA) is 87.2 Å². The lowest BCUT2D eigenvalue weighted by Gasteiger charge is -2.31. The number of hydrogen-bond donors (Lipinski definition) is 2. The van der Waals surface area contributed by atoms with Gasteiger partial charge in [-0.2, -0.15) is 0 Å². The minimum atomic E-state index is -0.323. The van der Waals surface area contributed by atoms with Crippen LogP contribution in [0.25, 0.3) is 0 Å². The van der Waals surface area contributed by atoms with Crippen LogP contribution in [0.1, 0.15) is 44.7 Å². The number of benzene rings is 2. The summed E-state index contributed by atoms with van der Waals surface area (Å²) in [6.07, 6.45) is 1.77. The number of nitrogens with zero attached hydrogens (tertiary/aromatic N) is 3. The fraction of sp³-hybridized carbons (Fsp3) is 0.304. The first-order chi connectivity index (χ1) is 15.4. The quantitative estimate of drug-likeness (QED) is 0.530. The predicted octanol–water partition coefficient (Wildman–Crippen LogP) is 5.47. The summed E-state index contributed by atoms with van der Waals surface area (Å²) in [5.41, 5.74) is 3.63. The molecule has 2 N–H and O–H groups in total. The van der Waals surface area contributed by atoms with Crippen LogP contribution in [-0.2, 0) is 0 Å². The van der Waals surface area contributed by atoms with Crippen molar-refractivity contribution in [1.82, 2.24) is 15.1 Å². The van der Waals surface area contributed by atoms with Crippen LogP contribution in [-0.4, -0.2) is 40.1 Å². The molecule has 1 unspecified atom stereocenters. The third kappa shape index (κ3) is 5.08. The smallest absolute Gasteiger partial charge is 0.321 e. The molecule has 0 radical (unpaired) electrons. The zero-order valence-electron chi connectivity index (χ0n) is 17.9. The molecule has 1 aliphatic rings. The molecule has 1 atom stereocenters. The van der Waals surface area contributed by atoms with Gasteiger partial charge in [0.2, 0.25) is 5.01 Å². The molecule has 1 aromatic heterocycles. The molecule has 0 saturated carbocycles. The Morgan fingerprint density at radius 2 is 1.94 bits per heavy atom. The van der Waals surface area contributed by atoms with Gasteiger partial charge in [0.25, 0.3) is 5.91 Å². The standard InChI is InChI=1S/C23H24ClN5O2S/c1-14-6-3-10-19(15(14)2)26-23(31)29-11-5-7-16(13-29)21-27-28-22(32-21)20(30)25-18-9-4-8-17(24)12-18/h3-4,6,8-10,12,16H,5,7,11,13H2,1-2H3,(H,25,30)(H,26,31). The van der Waals surface area contributed by atoms with Crippen LogP contribution < -0.4 is 10.6 Å². The van der Waals surface area contributed by atoms with Gasteiger partial charge >= 0.3 is 6.03 Å². The van der Waals surface area contributed by atoms with Gasteiger partial charge in [-0.1, -0.05) is 41.1 Å². The number of halogens is 1. The molecule has 1 saturated heterocycles. The molecule has 0 aliphatic carbocycles. The number of urea groups is 1. The number of hydrogen-bond acceptors (Lipinski definition) is 5. The average Bonchev–Trinajstić information content (AvgIpc) is 3.28. The van der Waals surface area contributed by atoms with Crippen molar-refractivity contribution < 1.29 is 9.59 Å². The Morgan fingerprint density at radius 3 is 2.75 bits per heavy atom. The number of carbonyl (C=O) groups excluding carboxylic acids is 2. The molecule has 2 aromatic carbocycles. The first-order valence-corrected chi connectivity index (χ1v) is 11.6. The summed E-state index contributed by atoms with van der Waals surface area (Å²) >= 11 is 7.24.